The number of unbranched alkanes of at least 4 members (excludes halogenated alkanes) is 1. The number of hydrazine groups is 1. The Kier molecular flexibility index (Phi) is 5.67. The molecule has 0 spiro atoms. The first-order valence-corrected chi connectivity index (χ1v) is 7.58. The lowest BCUT2D eigenvalue weighted by Crippen LogP contribution is -2.10. The van der Waals surface area contributed by atoms with E-state index in [0.29, 0.717) is 21.7 Å². The Hall–Kier alpha value is -1.49. The van der Waals surface area contributed by atoms with E-state index in [1.54, 1.807) is 6.07 Å². The third-order valence-corrected chi connectivity index (χ3v) is 3.68. The second-order valence-corrected chi connectivity index (χ2v) is 5.53. The first-order chi connectivity index (χ1) is 10.1. The van der Waals surface area contributed by atoms with Gasteiger partial charge in [-0.3, -0.25) is 0 Å². The zero-order valence-corrected chi connectivity index (χ0v) is 13.3. The van der Waals surface area contributed by atoms with Crippen LogP contribution in [0.5, 0.6) is 0 Å². The van der Waals surface area contributed by atoms with E-state index in [9.17, 15) is 0 Å². The van der Waals surface area contributed by atoms with Gasteiger partial charge in [0.2, 0.25) is 0 Å². The highest BCUT2D eigenvalue weighted by molar-refractivity contribution is 6.37. The third kappa shape index (κ3) is 4.24. The van der Waals surface area contributed by atoms with Gasteiger partial charge in [-0.05, 0) is 36.6 Å². The van der Waals surface area contributed by atoms with Gasteiger partial charge in [0, 0.05) is 5.69 Å². The van der Waals surface area contributed by atoms with Gasteiger partial charge in [0.15, 0.2) is 11.6 Å². The van der Waals surface area contributed by atoms with E-state index in [2.05, 4.69) is 34.8 Å². The molecule has 0 radical (unpaired) electrons. The highest BCUT2D eigenvalue weighted by atomic mass is 35.5. The van der Waals surface area contributed by atoms with Gasteiger partial charge in [-0.1, -0.05) is 48.7 Å². The number of rotatable bonds is 6. The van der Waals surface area contributed by atoms with Crippen molar-refractivity contribution >= 4 is 40.5 Å². The number of nitrogens with one attached hydrogen (secondary N) is 2. The molecule has 0 saturated heterocycles. The Bertz CT molecular complexity index is 599. The Balaban J connectivity index is 2.14. The molecular weight excluding hydrogens is 307 g/mol. The molecular formula is C15H18Cl2N4. The highest BCUT2D eigenvalue weighted by Crippen LogP contribution is 2.30. The molecule has 0 fully saturated rings. The molecule has 2 rings (SSSR count). The van der Waals surface area contributed by atoms with Crippen molar-refractivity contribution in [2.75, 3.05) is 10.7 Å². The summed E-state index contributed by atoms with van der Waals surface area (Å²) in [6.45, 7) is 2.19. The largest absolute Gasteiger partial charge is 0.339 e. The van der Waals surface area contributed by atoms with Crippen molar-refractivity contribution in [2.45, 2.75) is 26.2 Å². The van der Waals surface area contributed by atoms with Crippen molar-refractivity contribution < 1.29 is 0 Å². The van der Waals surface area contributed by atoms with Gasteiger partial charge in [0.25, 0.3) is 0 Å². The average molecular weight is 325 g/mol. The molecule has 6 heteroatoms. The van der Waals surface area contributed by atoms with E-state index in [-0.39, 0.29) is 0 Å². The van der Waals surface area contributed by atoms with Crippen molar-refractivity contribution in [3.05, 3.63) is 45.9 Å². The lowest BCUT2D eigenvalue weighted by atomic mass is 10.1. The van der Waals surface area contributed by atoms with Crippen LogP contribution in [0, 0.1) is 0 Å². The van der Waals surface area contributed by atoms with Crippen LogP contribution in [0.4, 0.5) is 17.3 Å². The first kappa shape index (κ1) is 15.9. The van der Waals surface area contributed by atoms with Crippen molar-refractivity contribution in [1.29, 1.82) is 0 Å². The molecule has 0 aliphatic rings. The molecule has 0 saturated carbocycles. The smallest absolute Gasteiger partial charge is 0.161 e. The molecule has 0 unspecified atom stereocenters. The fourth-order valence-corrected chi connectivity index (χ4v) is 2.39. The molecule has 2 aromatic rings. The fraction of sp³-hybridized carbons (Fsp3) is 0.267. The molecule has 21 heavy (non-hydrogen) atoms. The number of nitrogen functional groups attached to an aromatic ring is 1. The topological polar surface area (TPSA) is 63.0 Å². The molecule has 0 amide bonds. The number of hydrogen-bond acceptors (Lipinski definition) is 4. The predicted octanol–water partition coefficient (Wildman–Crippen LogP) is 4.76. The molecule has 4 N–H and O–H groups in total. The number of anilines is 3. The van der Waals surface area contributed by atoms with Gasteiger partial charge in [0.1, 0.15) is 0 Å². The van der Waals surface area contributed by atoms with E-state index in [4.69, 9.17) is 29.0 Å². The van der Waals surface area contributed by atoms with Crippen molar-refractivity contribution in [3.8, 4) is 0 Å². The Morgan fingerprint density at radius 1 is 1.10 bits per heavy atom. The Morgan fingerprint density at radius 2 is 1.76 bits per heavy atom. The predicted molar refractivity (Wildman–Crippen MR) is 90.4 cm³/mol. The highest BCUT2D eigenvalue weighted by Gasteiger charge is 2.08. The summed E-state index contributed by atoms with van der Waals surface area (Å²) in [6, 6.07) is 9.82. The van der Waals surface area contributed by atoms with Gasteiger partial charge < -0.3 is 10.7 Å². The van der Waals surface area contributed by atoms with E-state index < -0.39 is 0 Å². The summed E-state index contributed by atoms with van der Waals surface area (Å²) in [7, 11) is 0. The van der Waals surface area contributed by atoms with Crippen LogP contribution in [0.1, 0.15) is 25.3 Å². The molecule has 0 bridgehead atoms. The third-order valence-electron chi connectivity index (χ3n) is 3.10. The molecule has 4 nitrogen and oxygen atoms in total. The maximum absolute atomic E-state index is 6.13. The van der Waals surface area contributed by atoms with Crippen LogP contribution in [0.3, 0.4) is 0 Å². The summed E-state index contributed by atoms with van der Waals surface area (Å²) in [4.78, 5) is 4.25. The average Bonchev–Trinajstić information content (AvgIpc) is 2.49. The van der Waals surface area contributed by atoms with Crippen molar-refractivity contribution in [3.63, 3.8) is 0 Å². The minimum absolute atomic E-state index is 0.378. The van der Waals surface area contributed by atoms with Gasteiger partial charge in [-0.2, -0.15) is 0 Å². The summed E-state index contributed by atoms with van der Waals surface area (Å²) >= 11 is 12.1. The zero-order chi connectivity index (χ0) is 15.2. The number of aryl methyl sites for hydroxylation is 1. The van der Waals surface area contributed by atoms with E-state index in [1.807, 2.05) is 12.1 Å². The van der Waals surface area contributed by atoms with E-state index in [0.717, 1.165) is 12.1 Å². The summed E-state index contributed by atoms with van der Waals surface area (Å²) < 4.78 is 0. The van der Waals surface area contributed by atoms with Crippen LogP contribution in [0.25, 0.3) is 0 Å². The minimum Gasteiger partial charge on any atom is -0.339 e. The van der Waals surface area contributed by atoms with Gasteiger partial charge >= 0.3 is 0 Å². The van der Waals surface area contributed by atoms with Crippen molar-refractivity contribution in [2.24, 2.45) is 5.84 Å². The van der Waals surface area contributed by atoms with E-state index >= 15 is 0 Å². The van der Waals surface area contributed by atoms with Crippen LogP contribution in [-0.2, 0) is 6.42 Å². The number of aromatic nitrogens is 1. The van der Waals surface area contributed by atoms with Crippen LogP contribution in [-0.4, -0.2) is 4.98 Å². The van der Waals surface area contributed by atoms with Crippen molar-refractivity contribution in [1.82, 2.24) is 4.98 Å². The van der Waals surface area contributed by atoms with Crippen LogP contribution >= 0.6 is 23.2 Å². The number of nitrogens with two attached hydrogens (primary N) is 1. The van der Waals surface area contributed by atoms with Gasteiger partial charge in [-0.15, -0.1) is 0 Å². The SMILES string of the molecule is CCCCc1ccc(Nc2nc(NN)c(Cl)cc2Cl)cc1. The molecule has 1 heterocycles. The molecule has 0 atom stereocenters. The van der Waals surface area contributed by atoms with Crippen LogP contribution in [0.15, 0.2) is 30.3 Å². The Morgan fingerprint density at radius 3 is 2.38 bits per heavy atom. The molecule has 0 aliphatic heterocycles. The number of pyridine rings is 1. The monoisotopic (exact) mass is 324 g/mol. The Labute approximate surface area is 134 Å². The lowest BCUT2D eigenvalue weighted by Gasteiger charge is -2.11. The quantitative estimate of drug-likeness (QED) is 0.529. The number of halogens is 2. The summed E-state index contributed by atoms with van der Waals surface area (Å²) in [5, 5.41) is 3.98. The second kappa shape index (κ2) is 7.50. The summed E-state index contributed by atoms with van der Waals surface area (Å²) in [6.07, 6.45) is 3.49. The molecule has 1 aromatic heterocycles. The maximum Gasteiger partial charge on any atom is 0.161 e. The summed E-state index contributed by atoms with van der Waals surface area (Å²) in [5.41, 5.74) is 4.67. The zero-order valence-electron chi connectivity index (χ0n) is 11.8. The molecule has 1 aromatic carbocycles. The second-order valence-electron chi connectivity index (χ2n) is 4.72. The normalized spacial score (nSPS) is 10.5. The minimum atomic E-state index is 0.378. The number of hydrogen-bond donors (Lipinski definition) is 3. The first-order valence-electron chi connectivity index (χ1n) is 6.82. The lowest BCUT2D eigenvalue weighted by molar-refractivity contribution is 0.795. The molecule has 0 aliphatic carbocycles. The number of benzene rings is 1. The standard InChI is InChI=1S/C15H18Cl2N4/c1-2-3-4-10-5-7-11(8-6-10)19-14-12(16)9-13(17)15(20-14)21-18/h5-9H,2-4,18H2,1H3,(H2,19,20,21). The van der Waals surface area contributed by atoms with Gasteiger partial charge in [-0.25, -0.2) is 10.8 Å². The fourth-order valence-electron chi connectivity index (χ4n) is 1.93. The number of nitrogens with zero attached hydrogens (tertiary/aromatic N) is 1. The summed E-state index contributed by atoms with van der Waals surface area (Å²) in [5.74, 6) is 6.25. The van der Waals surface area contributed by atoms with E-state index in [1.165, 1.54) is 18.4 Å². The van der Waals surface area contributed by atoms with Crippen LogP contribution < -0.4 is 16.6 Å². The maximum atomic E-state index is 6.13. The van der Waals surface area contributed by atoms with Crippen LogP contribution in [0.2, 0.25) is 10.0 Å². The molecule has 112 valence electrons. The van der Waals surface area contributed by atoms with Gasteiger partial charge in [0.05, 0.1) is 10.0 Å².